The van der Waals surface area contributed by atoms with Gasteiger partial charge in [-0.2, -0.15) is 0 Å². The molecule has 2 N–H and O–H groups in total. The number of nitrogens with two attached hydrogens (primary N) is 1. The number of nitrogens with zero attached hydrogens (tertiary/aromatic N) is 1. The smallest absolute Gasteiger partial charge is 0.219 e. The summed E-state index contributed by atoms with van der Waals surface area (Å²) >= 11 is 0. The Hall–Kier alpha value is -0.570. The Morgan fingerprint density at radius 2 is 2.09 bits per heavy atom. The van der Waals surface area contributed by atoms with Crippen molar-refractivity contribution in [2.75, 3.05) is 19.6 Å². The van der Waals surface area contributed by atoms with Gasteiger partial charge in [0.2, 0.25) is 5.91 Å². The van der Waals surface area contributed by atoms with Crippen LogP contribution in [-0.4, -0.2) is 30.4 Å². The highest BCUT2D eigenvalue weighted by molar-refractivity contribution is 5.73. The summed E-state index contributed by atoms with van der Waals surface area (Å²) in [4.78, 5) is 12.7. The highest BCUT2D eigenvalue weighted by Gasteiger charge is 2.04. The summed E-state index contributed by atoms with van der Waals surface area (Å²) in [6, 6.07) is 0. The lowest BCUT2D eigenvalue weighted by Gasteiger charge is -2.19. The van der Waals surface area contributed by atoms with Crippen LogP contribution in [0.4, 0.5) is 0 Å². The molecular weight excluding hydrogens is 140 g/mol. The van der Waals surface area contributed by atoms with Gasteiger partial charge in [0.05, 0.1) is 0 Å². The van der Waals surface area contributed by atoms with Crippen molar-refractivity contribution in [2.24, 2.45) is 5.73 Å². The zero-order valence-corrected chi connectivity index (χ0v) is 7.47. The minimum Gasteiger partial charge on any atom is -0.342 e. The monoisotopic (exact) mass is 158 g/mol. The van der Waals surface area contributed by atoms with Crippen LogP contribution in [0.1, 0.15) is 26.7 Å². The van der Waals surface area contributed by atoms with E-state index in [1.807, 2.05) is 0 Å². The Balaban J connectivity index is 3.60. The van der Waals surface area contributed by atoms with Gasteiger partial charge in [-0.05, 0) is 6.42 Å². The lowest BCUT2D eigenvalue weighted by atomic mass is 10.3. The Kier molecular flexibility index (Phi) is 5.84. The predicted octanol–water partition coefficient (Wildman–Crippen LogP) is 0.594. The number of unbranched alkanes of at least 4 members (excludes halogenated alkanes) is 1. The number of hydrogen-bond donors (Lipinski definition) is 1. The Bertz CT molecular complexity index is 115. The molecule has 0 aromatic heterocycles. The summed E-state index contributed by atoms with van der Waals surface area (Å²) in [7, 11) is 0. The zero-order chi connectivity index (χ0) is 8.69. The molecule has 0 aliphatic heterocycles. The van der Waals surface area contributed by atoms with Crippen molar-refractivity contribution in [3.05, 3.63) is 0 Å². The molecule has 0 unspecified atom stereocenters. The first kappa shape index (κ1) is 10.4. The highest BCUT2D eigenvalue weighted by atomic mass is 16.2. The average Bonchev–Trinajstić information content (AvgIpc) is 1.97. The van der Waals surface area contributed by atoms with E-state index in [-0.39, 0.29) is 5.91 Å². The van der Waals surface area contributed by atoms with Crippen LogP contribution in [-0.2, 0) is 4.79 Å². The van der Waals surface area contributed by atoms with E-state index in [2.05, 4.69) is 6.92 Å². The van der Waals surface area contributed by atoms with Crippen LogP contribution in [0.3, 0.4) is 0 Å². The lowest BCUT2D eigenvalue weighted by molar-refractivity contribution is -0.128. The maximum atomic E-state index is 10.9. The standard InChI is InChI=1S/C8H18N2O/c1-3-4-6-10(7-5-9)8(2)11/h3-7,9H2,1-2H3. The fraction of sp³-hybridized carbons (Fsp3) is 0.875. The summed E-state index contributed by atoms with van der Waals surface area (Å²) in [5, 5.41) is 0. The van der Waals surface area contributed by atoms with Crippen LogP contribution in [0.25, 0.3) is 0 Å². The molecular formula is C8H18N2O. The zero-order valence-electron chi connectivity index (χ0n) is 7.47. The van der Waals surface area contributed by atoms with Gasteiger partial charge in [0, 0.05) is 26.6 Å². The van der Waals surface area contributed by atoms with E-state index in [9.17, 15) is 4.79 Å². The number of carbonyl (C=O) groups is 1. The Labute approximate surface area is 68.6 Å². The molecule has 0 aliphatic rings. The quantitative estimate of drug-likeness (QED) is 0.636. The van der Waals surface area contributed by atoms with E-state index in [4.69, 9.17) is 5.73 Å². The maximum Gasteiger partial charge on any atom is 0.219 e. The van der Waals surface area contributed by atoms with Gasteiger partial charge in [-0.15, -0.1) is 0 Å². The molecule has 0 bridgehead atoms. The van der Waals surface area contributed by atoms with Crippen LogP contribution in [0, 0.1) is 0 Å². The van der Waals surface area contributed by atoms with Crippen LogP contribution >= 0.6 is 0 Å². The number of amides is 1. The fourth-order valence-electron chi connectivity index (χ4n) is 0.932. The summed E-state index contributed by atoms with van der Waals surface area (Å²) < 4.78 is 0. The minimum atomic E-state index is 0.129. The second-order valence-electron chi connectivity index (χ2n) is 2.65. The van der Waals surface area contributed by atoms with Gasteiger partial charge in [0.25, 0.3) is 0 Å². The van der Waals surface area contributed by atoms with Gasteiger partial charge < -0.3 is 10.6 Å². The summed E-state index contributed by atoms with van der Waals surface area (Å²) in [5.74, 6) is 0.129. The topological polar surface area (TPSA) is 46.3 Å². The molecule has 0 rings (SSSR count). The highest BCUT2D eigenvalue weighted by Crippen LogP contribution is 1.94. The molecule has 11 heavy (non-hydrogen) atoms. The molecule has 0 radical (unpaired) electrons. The molecule has 0 fully saturated rings. The van der Waals surface area contributed by atoms with Crippen molar-refractivity contribution in [3.8, 4) is 0 Å². The third-order valence-electron chi connectivity index (χ3n) is 1.63. The van der Waals surface area contributed by atoms with E-state index in [1.54, 1.807) is 11.8 Å². The van der Waals surface area contributed by atoms with Crippen molar-refractivity contribution < 1.29 is 4.79 Å². The minimum absolute atomic E-state index is 0.129. The molecule has 1 amide bonds. The number of rotatable bonds is 5. The van der Waals surface area contributed by atoms with E-state index in [0.29, 0.717) is 13.1 Å². The largest absolute Gasteiger partial charge is 0.342 e. The summed E-state index contributed by atoms with van der Waals surface area (Å²) in [6.45, 7) is 5.80. The molecule has 0 saturated heterocycles. The predicted molar refractivity (Wildman–Crippen MR) is 46.2 cm³/mol. The van der Waals surface area contributed by atoms with E-state index in [0.717, 1.165) is 19.4 Å². The summed E-state index contributed by atoms with van der Waals surface area (Å²) in [6.07, 6.45) is 2.19. The normalized spacial score (nSPS) is 9.73. The van der Waals surface area contributed by atoms with Crippen molar-refractivity contribution in [1.29, 1.82) is 0 Å². The molecule has 0 aromatic rings. The third kappa shape index (κ3) is 4.79. The molecule has 0 atom stereocenters. The van der Waals surface area contributed by atoms with Gasteiger partial charge in [-0.1, -0.05) is 13.3 Å². The SMILES string of the molecule is CCCCN(CCN)C(C)=O. The Morgan fingerprint density at radius 3 is 2.45 bits per heavy atom. The molecule has 0 saturated carbocycles. The van der Waals surface area contributed by atoms with Crippen molar-refractivity contribution >= 4 is 5.91 Å². The maximum absolute atomic E-state index is 10.9. The molecule has 3 heteroatoms. The van der Waals surface area contributed by atoms with E-state index in [1.165, 1.54) is 0 Å². The molecule has 3 nitrogen and oxygen atoms in total. The molecule has 0 heterocycles. The Morgan fingerprint density at radius 1 is 1.45 bits per heavy atom. The molecule has 0 aromatic carbocycles. The first-order chi connectivity index (χ1) is 5.22. The van der Waals surface area contributed by atoms with Crippen molar-refractivity contribution in [2.45, 2.75) is 26.7 Å². The van der Waals surface area contributed by atoms with Crippen LogP contribution in [0.5, 0.6) is 0 Å². The number of carbonyl (C=O) groups excluding carboxylic acids is 1. The molecule has 0 spiro atoms. The average molecular weight is 158 g/mol. The molecule has 66 valence electrons. The fourth-order valence-corrected chi connectivity index (χ4v) is 0.932. The van der Waals surface area contributed by atoms with Gasteiger partial charge in [-0.25, -0.2) is 0 Å². The van der Waals surface area contributed by atoms with Crippen molar-refractivity contribution in [3.63, 3.8) is 0 Å². The van der Waals surface area contributed by atoms with Gasteiger partial charge in [-0.3, -0.25) is 4.79 Å². The molecule has 0 aliphatic carbocycles. The summed E-state index contributed by atoms with van der Waals surface area (Å²) in [5.41, 5.74) is 5.35. The van der Waals surface area contributed by atoms with Gasteiger partial charge in [0.15, 0.2) is 0 Å². The second kappa shape index (κ2) is 6.16. The van der Waals surface area contributed by atoms with Crippen LogP contribution in [0.15, 0.2) is 0 Å². The van der Waals surface area contributed by atoms with Crippen LogP contribution in [0.2, 0.25) is 0 Å². The van der Waals surface area contributed by atoms with Gasteiger partial charge >= 0.3 is 0 Å². The first-order valence-corrected chi connectivity index (χ1v) is 4.18. The van der Waals surface area contributed by atoms with Crippen LogP contribution < -0.4 is 5.73 Å². The second-order valence-corrected chi connectivity index (χ2v) is 2.65. The van der Waals surface area contributed by atoms with Crippen molar-refractivity contribution in [1.82, 2.24) is 4.90 Å². The van der Waals surface area contributed by atoms with E-state index < -0.39 is 0 Å². The van der Waals surface area contributed by atoms with E-state index >= 15 is 0 Å². The van der Waals surface area contributed by atoms with Gasteiger partial charge in [0.1, 0.15) is 0 Å². The third-order valence-corrected chi connectivity index (χ3v) is 1.63. The first-order valence-electron chi connectivity index (χ1n) is 4.18. The lowest BCUT2D eigenvalue weighted by Crippen LogP contribution is -2.34. The number of hydrogen-bond acceptors (Lipinski definition) is 2.